The van der Waals surface area contributed by atoms with Gasteiger partial charge in [-0.05, 0) is 61.7 Å². The van der Waals surface area contributed by atoms with Gasteiger partial charge in [0.25, 0.3) is 5.56 Å². The lowest BCUT2D eigenvalue weighted by atomic mass is 10.1. The number of aromatic nitrogens is 4. The summed E-state index contributed by atoms with van der Waals surface area (Å²) in [6, 6.07) is 16.6. The monoisotopic (exact) mass is 435 g/mol. The molecule has 0 unspecified atom stereocenters. The smallest absolute Gasteiger partial charge is 0.293 e. The number of aryl methyl sites for hydroxylation is 1. The van der Waals surface area contributed by atoms with Crippen molar-refractivity contribution in [3.8, 4) is 17.0 Å². The molecule has 8 nitrogen and oxygen atoms in total. The maximum absolute atomic E-state index is 13.0. The molecule has 31 heavy (non-hydrogen) atoms. The molecule has 0 fully saturated rings. The van der Waals surface area contributed by atoms with Crippen LogP contribution in [0.4, 0.5) is 5.69 Å². The molecule has 9 heteroatoms. The van der Waals surface area contributed by atoms with Gasteiger partial charge in [0.2, 0.25) is 5.91 Å². The summed E-state index contributed by atoms with van der Waals surface area (Å²) in [7, 11) is 1.60. The van der Waals surface area contributed by atoms with Crippen molar-refractivity contribution in [3.05, 3.63) is 70.8 Å². The van der Waals surface area contributed by atoms with Gasteiger partial charge >= 0.3 is 0 Å². The number of carbonyl (C=O) groups is 1. The van der Waals surface area contributed by atoms with Gasteiger partial charge in [0, 0.05) is 16.1 Å². The summed E-state index contributed by atoms with van der Waals surface area (Å²) in [5, 5.41) is 11.6. The highest BCUT2D eigenvalue weighted by molar-refractivity contribution is 7.98. The van der Waals surface area contributed by atoms with E-state index < -0.39 is 0 Å². The molecule has 158 valence electrons. The number of methoxy groups -OCH3 is 1. The first-order valence-corrected chi connectivity index (χ1v) is 10.8. The Balaban J connectivity index is 1.62. The summed E-state index contributed by atoms with van der Waals surface area (Å²) < 4.78 is 7.85. The number of anilines is 1. The van der Waals surface area contributed by atoms with Crippen molar-refractivity contribution < 1.29 is 9.53 Å². The molecule has 2 heterocycles. The third-order valence-corrected chi connectivity index (χ3v) is 5.49. The third-order valence-electron chi connectivity index (χ3n) is 4.77. The van der Waals surface area contributed by atoms with Crippen LogP contribution in [-0.4, -0.2) is 38.7 Å². The molecule has 0 aliphatic heterocycles. The third kappa shape index (κ3) is 4.31. The molecule has 0 saturated heterocycles. The molecule has 0 bridgehead atoms. The van der Waals surface area contributed by atoms with Crippen molar-refractivity contribution in [1.82, 2.24) is 19.4 Å². The van der Waals surface area contributed by atoms with E-state index in [-0.39, 0.29) is 18.0 Å². The minimum absolute atomic E-state index is 0.192. The Bertz CT molecular complexity index is 1310. The lowest BCUT2D eigenvalue weighted by Crippen LogP contribution is -2.31. The number of amides is 1. The minimum Gasteiger partial charge on any atom is -0.497 e. The van der Waals surface area contributed by atoms with Crippen molar-refractivity contribution in [2.45, 2.75) is 18.4 Å². The largest absolute Gasteiger partial charge is 0.497 e. The number of benzene rings is 2. The van der Waals surface area contributed by atoms with Crippen molar-refractivity contribution in [2.75, 3.05) is 18.7 Å². The van der Waals surface area contributed by atoms with Crippen LogP contribution < -0.4 is 15.6 Å². The fourth-order valence-corrected chi connectivity index (χ4v) is 3.68. The Morgan fingerprint density at radius 1 is 1.13 bits per heavy atom. The van der Waals surface area contributed by atoms with Crippen LogP contribution in [-0.2, 0) is 11.3 Å². The Labute approximate surface area is 182 Å². The van der Waals surface area contributed by atoms with Crippen LogP contribution in [0.1, 0.15) is 5.82 Å². The number of nitrogens with one attached hydrogen (secondary N) is 1. The lowest BCUT2D eigenvalue weighted by Gasteiger charge is -2.09. The van der Waals surface area contributed by atoms with Gasteiger partial charge in [-0.3, -0.25) is 9.59 Å². The molecular weight excluding hydrogens is 414 g/mol. The predicted molar refractivity (Wildman–Crippen MR) is 121 cm³/mol. The highest BCUT2D eigenvalue weighted by Crippen LogP contribution is 2.22. The van der Waals surface area contributed by atoms with Crippen LogP contribution in [0.2, 0.25) is 0 Å². The zero-order valence-electron chi connectivity index (χ0n) is 17.3. The van der Waals surface area contributed by atoms with Crippen molar-refractivity contribution in [2.24, 2.45) is 0 Å². The van der Waals surface area contributed by atoms with Crippen molar-refractivity contribution in [1.29, 1.82) is 0 Å². The van der Waals surface area contributed by atoms with Crippen LogP contribution in [0.5, 0.6) is 5.75 Å². The number of carbonyl (C=O) groups excluding carboxylic acids is 1. The molecule has 1 amide bonds. The second-order valence-electron chi connectivity index (χ2n) is 6.85. The zero-order chi connectivity index (χ0) is 22.0. The molecule has 4 aromatic rings. The first-order valence-electron chi connectivity index (χ1n) is 9.54. The van der Waals surface area contributed by atoms with E-state index in [9.17, 15) is 9.59 Å². The average molecular weight is 436 g/mol. The number of nitrogens with zero attached hydrogens (tertiary/aromatic N) is 4. The Hall–Kier alpha value is -3.59. The number of ether oxygens (including phenoxy) is 1. The highest BCUT2D eigenvalue weighted by Gasteiger charge is 2.15. The fraction of sp³-hybridized carbons (Fsp3) is 0.182. The van der Waals surface area contributed by atoms with E-state index in [2.05, 4.69) is 15.5 Å². The standard InChI is InChI=1S/C22H21N5O3S/c1-14-24-26(13-21(28)23-16-5-4-6-18(11-16)31-3)22(29)20-12-19(25-27(14)20)15-7-9-17(30-2)10-8-15/h4-12H,13H2,1-3H3,(H,23,28). The molecule has 0 radical (unpaired) electrons. The molecule has 2 aromatic carbocycles. The number of hydrogen-bond donors (Lipinski definition) is 1. The van der Waals surface area contributed by atoms with E-state index in [4.69, 9.17) is 4.74 Å². The maximum Gasteiger partial charge on any atom is 0.293 e. The van der Waals surface area contributed by atoms with Crippen LogP contribution in [0.15, 0.2) is 64.3 Å². The van der Waals surface area contributed by atoms with E-state index in [1.54, 1.807) is 37.9 Å². The van der Waals surface area contributed by atoms with Gasteiger partial charge in [-0.15, -0.1) is 11.8 Å². The summed E-state index contributed by atoms with van der Waals surface area (Å²) in [4.78, 5) is 26.5. The maximum atomic E-state index is 13.0. The highest BCUT2D eigenvalue weighted by atomic mass is 32.2. The molecular formula is C22H21N5O3S. The van der Waals surface area contributed by atoms with E-state index in [1.807, 2.05) is 48.7 Å². The first kappa shape index (κ1) is 20.7. The van der Waals surface area contributed by atoms with E-state index >= 15 is 0 Å². The summed E-state index contributed by atoms with van der Waals surface area (Å²) in [5.41, 5.74) is 2.14. The second kappa shape index (κ2) is 8.65. The van der Waals surface area contributed by atoms with Crippen molar-refractivity contribution >= 4 is 28.9 Å². The number of rotatable bonds is 6. The molecule has 0 atom stereocenters. The molecule has 0 spiro atoms. The zero-order valence-corrected chi connectivity index (χ0v) is 18.1. The summed E-state index contributed by atoms with van der Waals surface area (Å²) in [6.45, 7) is 1.55. The first-order chi connectivity index (χ1) is 15.0. The van der Waals surface area contributed by atoms with Gasteiger partial charge in [0.1, 0.15) is 23.6 Å². The normalized spacial score (nSPS) is 10.9. The molecule has 0 aliphatic rings. The van der Waals surface area contributed by atoms with Crippen LogP contribution in [0.3, 0.4) is 0 Å². The van der Waals surface area contributed by atoms with E-state index in [1.165, 1.54) is 4.52 Å². The summed E-state index contributed by atoms with van der Waals surface area (Å²) in [6.07, 6.45) is 1.97. The molecule has 0 aliphatic carbocycles. The number of hydrogen-bond acceptors (Lipinski definition) is 6. The van der Waals surface area contributed by atoms with Gasteiger partial charge in [-0.2, -0.15) is 10.2 Å². The molecule has 4 rings (SSSR count). The Morgan fingerprint density at radius 2 is 1.90 bits per heavy atom. The van der Waals surface area contributed by atoms with Gasteiger partial charge in [0.15, 0.2) is 0 Å². The van der Waals surface area contributed by atoms with E-state index in [0.29, 0.717) is 22.7 Å². The van der Waals surface area contributed by atoms with Crippen LogP contribution in [0, 0.1) is 6.92 Å². The topological polar surface area (TPSA) is 90.5 Å². The SMILES string of the molecule is COc1ccc(-c2cc3c(=O)n(CC(=O)Nc4cccc(SC)c4)nc(C)n3n2)cc1. The average Bonchev–Trinajstić information content (AvgIpc) is 3.24. The van der Waals surface area contributed by atoms with Gasteiger partial charge in [-0.1, -0.05) is 6.07 Å². The second-order valence-corrected chi connectivity index (χ2v) is 7.72. The van der Waals surface area contributed by atoms with Gasteiger partial charge in [-0.25, -0.2) is 9.20 Å². The van der Waals surface area contributed by atoms with Crippen LogP contribution >= 0.6 is 11.8 Å². The molecule has 1 N–H and O–H groups in total. The fourth-order valence-electron chi connectivity index (χ4n) is 3.22. The summed E-state index contributed by atoms with van der Waals surface area (Å²) >= 11 is 1.59. The summed E-state index contributed by atoms with van der Waals surface area (Å²) in [5.74, 6) is 0.917. The lowest BCUT2D eigenvalue weighted by molar-refractivity contribution is -0.117. The number of fused-ring (bicyclic) bond motifs is 1. The minimum atomic E-state index is -0.383. The van der Waals surface area contributed by atoms with Gasteiger partial charge in [0.05, 0.1) is 12.8 Å². The Kier molecular flexibility index (Phi) is 5.77. The van der Waals surface area contributed by atoms with Crippen molar-refractivity contribution in [3.63, 3.8) is 0 Å². The molecule has 0 saturated carbocycles. The Morgan fingerprint density at radius 3 is 2.61 bits per heavy atom. The van der Waals surface area contributed by atoms with E-state index in [0.717, 1.165) is 20.9 Å². The quantitative estimate of drug-likeness (QED) is 0.468. The van der Waals surface area contributed by atoms with Gasteiger partial charge < -0.3 is 10.1 Å². The predicted octanol–water partition coefficient (Wildman–Crippen LogP) is 3.24. The molecule has 2 aromatic heterocycles. The number of thioether (sulfide) groups is 1. The van der Waals surface area contributed by atoms with Crippen LogP contribution in [0.25, 0.3) is 16.8 Å².